The highest BCUT2D eigenvalue weighted by atomic mass is 16.5. The molecule has 5 nitrogen and oxygen atoms in total. The largest absolute Gasteiger partial charge is 0.494 e. The fourth-order valence-corrected chi connectivity index (χ4v) is 2.68. The van der Waals surface area contributed by atoms with Crippen molar-refractivity contribution in [3.05, 3.63) is 24.3 Å². The Morgan fingerprint density at radius 1 is 1.29 bits per heavy atom. The predicted octanol–water partition coefficient (Wildman–Crippen LogP) is 2.04. The van der Waals surface area contributed by atoms with E-state index in [1.54, 1.807) is 7.11 Å². The summed E-state index contributed by atoms with van der Waals surface area (Å²) in [5.41, 5.74) is 0.357. The first-order valence-electron chi connectivity index (χ1n) is 7.44. The average Bonchev–Trinajstić information content (AvgIpc) is 2.51. The van der Waals surface area contributed by atoms with E-state index in [4.69, 9.17) is 9.47 Å². The van der Waals surface area contributed by atoms with Crippen molar-refractivity contribution >= 4 is 11.6 Å². The molecule has 1 aliphatic heterocycles. The van der Waals surface area contributed by atoms with Gasteiger partial charge in [0.25, 0.3) is 0 Å². The molecule has 1 saturated heterocycles. The van der Waals surface area contributed by atoms with E-state index in [1.807, 2.05) is 31.2 Å². The molecule has 2 N–H and O–H groups in total. The van der Waals surface area contributed by atoms with Gasteiger partial charge in [0, 0.05) is 12.8 Å². The van der Waals surface area contributed by atoms with Crippen molar-refractivity contribution in [3.8, 4) is 5.75 Å². The molecule has 1 amide bonds. The van der Waals surface area contributed by atoms with Gasteiger partial charge in [-0.2, -0.15) is 0 Å². The SMILES string of the molecule is CCOc1ccc(NC(=O)C2(COC)CCNCC2)cc1. The monoisotopic (exact) mass is 292 g/mol. The molecule has 0 bridgehead atoms. The molecule has 2 rings (SSSR count). The lowest BCUT2D eigenvalue weighted by Crippen LogP contribution is -2.47. The van der Waals surface area contributed by atoms with Gasteiger partial charge in [-0.15, -0.1) is 0 Å². The van der Waals surface area contributed by atoms with Gasteiger partial charge in [0.1, 0.15) is 5.75 Å². The lowest BCUT2D eigenvalue weighted by molar-refractivity contribution is -0.130. The van der Waals surface area contributed by atoms with E-state index in [0.717, 1.165) is 37.4 Å². The van der Waals surface area contributed by atoms with Crippen LogP contribution >= 0.6 is 0 Å². The van der Waals surface area contributed by atoms with Gasteiger partial charge in [-0.05, 0) is 57.1 Å². The molecule has 0 radical (unpaired) electrons. The number of hydrogen-bond donors (Lipinski definition) is 2. The molecule has 5 heteroatoms. The van der Waals surface area contributed by atoms with Crippen LogP contribution < -0.4 is 15.4 Å². The summed E-state index contributed by atoms with van der Waals surface area (Å²) in [4.78, 5) is 12.6. The number of methoxy groups -OCH3 is 1. The van der Waals surface area contributed by atoms with E-state index in [1.165, 1.54) is 0 Å². The molecule has 0 unspecified atom stereocenters. The fourth-order valence-electron chi connectivity index (χ4n) is 2.68. The lowest BCUT2D eigenvalue weighted by Gasteiger charge is -2.35. The number of rotatable bonds is 6. The summed E-state index contributed by atoms with van der Waals surface area (Å²) in [6.45, 7) is 4.73. The van der Waals surface area contributed by atoms with E-state index < -0.39 is 5.41 Å². The number of anilines is 1. The molecule has 0 saturated carbocycles. The van der Waals surface area contributed by atoms with E-state index in [0.29, 0.717) is 13.2 Å². The minimum Gasteiger partial charge on any atom is -0.494 e. The zero-order valence-corrected chi connectivity index (χ0v) is 12.8. The minimum absolute atomic E-state index is 0.0370. The van der Waals surface area contributed by atoms with Crippen molar-refractivity contribution in [1.82, 2.24) is 5.32 Å². The normalized spacial score (nSPS) is 17.2. The second-order valence-corrected chi connectivity index (χ2v) is 5.37. The summed E-state index contributed by atoms with van der Waals surface area (Å²) >= 11 is 0. The number of benzene rings is 1. The van der Waals surface area contributed by atoms with Gasteiger partial charge in [-0.1, -0.05) is 0 Å². The van der Waals surface area contributed by atoms with Crippen LogP contribution in [0.4, 0.5) is 5.69 Å². The van der Waals surface area contributed by atoms with Crippen molar-refractivity contribution in [1.29, 1.82) is 0 Å². The number of amides is 1. The molecule has 1 aromatic carbocycles. The smallest absolute Gasteiger partial charge is 0.233 e. The number of carbonyl (C=O) groups is 1. The first-order chi connectivity index (χ1) is 10.2. The zero-order chi connectivity index (χ0) is 15.1. The Bertz CT molecular complexity index is 448. The summed E-state index contributed by atoms with van der Waals surface area (Å²) in [6.07, 6.45) is 1.59. The van der Waals surface area contributed by atoms with Crippen molar-refractivity contribution in [3.63, 3.8) is 0 Å². The van der Waals surface area contributed by atoms with Gasteiger partial charge in [0.05, 0.1) is 18.6 Å². The van der Waals surface area contributed by atoms with Crippen LogP contribution in [-0.4, -0.2) is 39.3 Å². The first kappa shape index (κ1) is 15.8. The highest BCUT2D eigenvalue weighted by Gasteiger charge is 2.39. The van der Waals surface area contributed by atoms with Crippen LogP contribution in [0.2, 0.25) is 0 Å². The van der Waals surface area contributed by atoms with Crippen LogP contribution in [0.3, 0.4) is 0 Å². The molecule has 0 atom stereocenters. The quantitative estimate of drug-likeness (QED) is 0.842. The first-order valence-corrected chi connectivity index (χ1v) is 7.44. The van der Waals surface area contributed by atoms with E-state index >= 15 is 0 Å². The van der Waals surface area contributed by atoms with Crippen molar-refractivity contribution in [2.24, 2.45) is 5.41 Å². The molecule has 116 valence electrons. The molecule has 1 aliphatic rings. The summed E-state index contributed by atoms with van der Waals surface area (Å²) in [5, 5.41) is 6.29. The van der Waals surface area contributed by atoms with Crippen LogP contribution in [0.1, 0.15) is 19.8 Å². The maximum absolute atomic E-state index is 12.6. The molecule has 0 spiro atoms. The third-order valence-corrected chi connectivity index (χ3v) is 3.89. The Kier molecular flexibility index (Phi) is 5.59. The maximum atomic E-state index is 12.6. The molecular formula is C16H24N2O3. The van der Waals surface area contributed by atoms with Crippen LogP contribution in [-0.2, 0) is 9.53 Å². The summed E-state index contributed by atoms with van der Waals surface area (Å²) in [6, 6.07) is 7.46. The summed E-state index contributed by atoms with van der Waals surface area (Å²) < 4.78 is 10.7. The van der Waals surface area contributed by atoms with Gasteiger partial charge in [0.15, 0.2) is 0 Å². The van der Waals surface area contributed by atoms with Crippen LogP contribution in [0.25, 0.3) is 0 Å². The van der Waals surface area contributed by atoms with Crippen molar-refractivity contribution in [2.75, 3.05) is 38.7 Å². The Balaban J connectivity index is 2.04. The number of piperidine rings is 1. The second-order valence-electron chi connectivity index (χ2n) is 5.37. The Morgan fingerprint density at radius 3 is 2.52 bits per heavy atom. The van der Waals surface area contributed by atoms with Crippen molar-refractivity contribution in [2.45, 2.75) is 19.8 Å². The van der Waals surface area contributed by atoms with Crippen LogP contribution in [0.5, 0.6) is 5.75 Å². The summed E-state index contributed by atoms with van der Waals surface area (Å²) in [7, 11) is 1.65. The average molecular weight is 292 g/mol. The molecule has 21 heavy (non-hydrogen) atoms. The predicted molar refractivity (Wildman–Crippen MR) is 82.7 cm³/mol. The van der Waals surface area contributed by atoms with Gasteiger partial charge < -0.3 is 20.1 Å². The van der Waals surface area contributed by atoms with E-state index in [-0.39, 0.29) is 5.91 Å². The van der Waals surface area contributed by atoms with E-state index in [2.05, 4.69) is 10.6 Å². The minimum atomic E-state index is -0.432. The molecule has 0 aromatic heterocycles. The van der Waals surface area contributed by atoms with Gasteiger partial charge in [-0.25, -0.2) is 0 Å². The van der Waals surface area contributed by atoms with Gasteiger partial charge in [-0.3, -0.25) is 4.79 Å². The highest BCUT2D eigenvalue weighted by molar-refractivity contribution is 5.95. The number of hydrogen-bond acceptors (Lipinski definition) is 4. The van der Waals surface area contributed by atoms with E-state index in [9.17, 15) is 4.79 Å². The fraction of sp³-hybridized carbons (Fsp3) is 0.562. The Labute approximate surface area is 126 Å². The molecule has 1 fully saturated rings. The molecule has 1 aromatic rings. The number of ether oxygens (including phenoxy) is 2. The summed E-state index contributed by atoms with van der Waals surface area (Å²) in [5.74, 6) is 0.846. The second kappa shape index (κ2) is 7.43. The molecular weight excluding hydrogens is 268 g/mol. The lowest BCUT2D eigenvalue weighted by atomic mass is 9.78. The van der Waals surface area contributed by atoms with Crippen LogP contribution in [0, 0.1) is 5.41 Å². The third-order valence-electron chi connectivity index (χ3n) is 3.89. The zero-order valence-electron chi connectivity index (χ0n) is 12.8. The van der Waals surface area contributed by atoms with Gasteiger partial charge in [0.2, 0.25) is 5.91 Å². The maximum Gasteiger partial charge on any atom is 0.233 e. The highest BCUT2D eigenvalue weighted by Crippen LogP contribution is 2.31. The standard InChI is InChI=1S/C16H24N2O3/c1-3-21-14-6-4-13(5-7-14)18-15(19)16(12-20-2)8-10-17-11-9-16/h4-7,17H,3,8-12H2,1-2H3,(H,18,19). The number of nitrogens with one attached hydrogen (secondary N) is 2. The Morgan fingerprint density at radius 2 is 1.95 bits per heavy atom. The Hall–Kier alpha value is -1.59. The topological polar surface area (TPSA) is 59.6 Å². The molecule has 0 aliphatic carbocycles. The van der Waals surface area contributed by atoms with Crippen LogP contribution in [0.15, 0.2) is 24.3 Å². The van der Waals surface area contributed by atoms with Gasteiger partial charge >= 0.3 is 0 Å². The number of carbonyl (C=O) groups excluding carboxylic acids is 1. The molecule has 1 heterocycles. The van der Waals surface area contributed by atoms with Crippen molar-refractivity contribution < 1.29 is 14.3 Å². The third kappa shape index (κ3) is 3.95.